The maximum absolute atomic E-state index is 12.9. The fraction of sp³-hybridized carbons (Fsp3) is 0.389. The maximum atomic E-state index is 12.9. The van der Waals surface area contributed by atoms with Gasteiger partial charge in [-0.15, -0.1) is 12.4 Å². The molecular formula is C18H23BrClN3O. The summed E-state index contributed by atoms with van der Waals surface area (Å²) in [5.74, 6) is 0.117. The van der Waals surface area contributed by atoms with E-state index in [4.69, 9.17) is 5.73 Å². The lowest BCUT2D eigenvalue weighted by Crippen LogP contribution is -2.42. The van der Waals surface area contributed by atoms with E-state index < -0.39 is 0 Å². The van der Waals surface area contributed by atoms with Crippen LogP contribution in [0.25, 0.3) is 5.69 Å². The number of aryl methyl sites for hydroxylation is 1. The molecule has 2 aromatic rings. The normalized spacial score (nSPS) is 15.2. The number of carbonyl (C=O) groups is 1. The number of aromatic nitrogens is 1. The molecule has 1 aromatic heterocycles. The highest BCUT2D eigenvalue weighted by Gasteiger charge is 2.25. The maximum Gasteiger partial charge on any atom is 0.255 e. The summed E-state index contributed by atoms with van der Waals surface area (Å²) in [5.41, 5.74) is 9.85. The van der Waals surface area contributed by atoms with Crippen LogP contribution >= 0.6 is 28.3 Å². The molecule has 1 fully saturated rings. The average Bonchev–Trinajstić information content (AvgIpc) is 2.82. The second kappa shape index (κ2) is 7.72. The summed E-state index contributed by atoms with van der Waals surface area (Å²) in [4.78, 5) is 14.8. The lowest BCUT2D eigenvalue weighted by Gasteiger charge is -2.30. The standard InChI is InChI=1S/C18H22BrN3O.ClH/c1-12-10-17(18(23)21-8-6-15(20)7-9-21)13(2)22(12)16-5-3-4-14(19)11-16;/h3-5,10-11,15H,6-9,20H2,1-2H3;1H. The Kier molecular flexibility index (Phi) is 6.12. The van der Waals surface area contributed by atoms with Crippen LogP contribution in [0.1, 0.15) is 34.6 Å². The molecule has 3 rings (SSSR count). The molecule has 1 aromatic carbocycles. The van der Waals surface area contributed by atoms with E-state index in [1.54, 1.807) is 0 Å². The molecule has 0 spiro atoms. The summed E-state index contributed by atoms with van der Waals surface area (Å²) >= 11 is 3.51. The van der Waals surface area contributed by atoms with Crippen LogP contribution in [-0.4, -0.2) is 34.5 Å². The highest BCUT2D eigenvalue weighted by atomic mass is 79.9. The Hall–Kier alpha value is -1.30. The second-order valence-corrected chi connectivity index (χ2v) is 7.15. The number of rotatable bonds is 2. The number of nitrogens with zero attached hydrogens (tertiary/aromatic N) is 2. The van der Waals surface area contributed by atoms with Gasteiger partial charge in [-0.2, -0.15) is 0 Å². The van der Waals surface area contributed by atoms with Gasteiger partial charge in [0.25, 0.3) is 5.91 Å². The molecule has 0 atom stereocenters. The first-order valence-corrected chi connectivity index (χ1v) is 8.76. The third-order valence-corrected chi connectivity index (χ3v) is 5.05. The molecule has 24 heavy (non-hydrogen) atoms. The van der Waals surface area contributed by atoms with Gasteiger partial charge in [0.2, 0.25) is 0 Å². The van der Waals surface area contributed by atoms with Crippen molar-refractivity contribution in [1.82, 2.24) is 9.47 Å². The molecule has 130 valence electrons. The van der Waals surface area contributed by atoms with Crippen LogP contribution in [0.4, 0.5) is 0 Å². The van der Waals surface area contributed by atoms with Gasteiger partial charge in [0.1, 0.15) is 0 Å². The number of hydrogen-bond donors (Lipinski definition) is 1. The average molecular weight is 413 g/mol. The van der Waals surface area contributed by atoms with Crippen molar-refractivity contribution in [2.24, 2.45) is 5.73 Å². The quantitative estimate of drug-likeness (QED) is 0.814. The SMILES string of the molecule is Cc1cc(C(=O)N2CCC(N)CC2)c(C)n1-c1cccc(Br)c1.Cl. The number of piperidine rings is 1. The molecule has 0 radical (unpaired) electrons. The summed E-state index contributed by atoms with van der Waals surface area (Å²) in [6.07, 6.45) is 1.77. The van der Waals surface area contributed by atoms with Gasteiger partial charge >= 0.3 is 0 Å². The van der Waals surface area contributed by atoms with Crippen LogP contribution in [0.3, 0.4) is 0 Å². The molecule has 2 heterocycles. The first-order valence-electron chi connectivity index (χ1n) is 7.97. The predicted molar refractivity (Wildman–Crippen MR) is 103 cm³/mol. The molecule has 0 bridgehead atoms. The van der Waals surface area contributed by atoms with Crippen molar-refractivity contribution in [2.75, 3.05) is 13.1 Å². The van der Waals surface area contributed by atoms with Gasteiger partial charge in [0.15, 0.2) is 0 Å². The van der Waals surface area contributed by atoms with Crippen LogP contribution < -0.4 is 5.73 Å². The van der Waals surface area contributed by atoms with Crippen molar-refractivity contribution in [2.45, 2.75) is 32.7 Å². The van der Waals surface area contributed by atoms with Crippen molar-refractivity contribution in [3.8, 4) is 5.69 Å². The third-order valence-electron chi connectivity index (χ3n) is 4.55. The van der Waals surface area contributed by atoms with E-state index >= 15 is 0 Å². The summed E-state index contributed by atoms with van der Waals surface area (Å²) in [5, 5.41) is 0. The van der Waals surface area contributed by atoms with E-state index in [1.807, 2.05) is 36.9 Å². The summed E-state index contributed by atoms with van der Waals surface area (Å²) in [7, 11) is 0. The van der Waals surface area contributed by atoms with Crippen LogP contribution in [-0.2, 0) is 0 Å². The molecule has 6 heteroatoms. The van der Waals surface area contributed by atoms with Crippen molar-refractivity contribution < 1.29 is 4.79 Å². The Balaban J connectivity index is 0.00000208. The van der Waals surface area contributed by atoms with E-state index in [0.717, 1.165) is 53.0 Å². The minimum Gasteiger partial charge on any atom is -0.338 e. The zero-order chi connectivity index (χ0) is 16.6. The van der Waals surface area contributed by atoms with Gasteiger partial charge in [0, 0.05) is 40.7 Å². The van der Waals surface area contributed by atoms with E-state index in [-0.39, 0.29) is 24.4 Å². The number of halogens is 2. The zero-order valence-electron chi connectivity index (χ0n) is 14.0. The molecule has 1 amide bonds. The van der Waals surface area contributed by atoms with E-state index in [1.165, 1.54) is 0 Å². The minimum absolute atomic E-state index is 0. The molecule has 0 unspecified atom stereocenters. The lowest BCUT2D eigenvalue weighted by atomic mass is 10.1. The van der Waals surface area contributed by atoms with Crippen LogP contribution in [0.5, 0.6) is 0 Å². The lowest BCUT2D eigenvalue weighted by molar-refractivity contribution is 0.0714. The van der Waals surface area contributed by atoms with E-state index in [9.17, 15) is 4.79 Å². The Morgan fingerprint density at radius 2 is 1.88 bits per heavy atom. The monoisotopic (exact) mass is 411 g/mol. The Bertz CT molecular complexity index is 736. The minimum atomic E-state index is 0. The summed E-state index contributed by atoms with van der Waals surface area (Å²) < 4.78 is 3.16. The number of carbonyl (C=O) groups excluding carboxylic acids is 1. The van der Waals surface area contributed by atoms with Crippen molar-refractivity contribution in [3.05, 3.63) is 51.8 Å². The Morgan fingerprint density at radius 3 is 2.50 bits per heavy atom. The fourth-order valence-electron chi connectivity index (χ4n) is 3.26. The van der Waals surface area contributed by atoms with Gasteiger partial charge in [-0.25, -0.2) is 0 Å². The third kappa shape index (κ3) is 3.68. The fourth-order valence-corrected chi connectivity index (χ4v) is 3.65. The molecule has 4 nitrogen and oxygen atoms in total. The molecule has 1 saturated heterocycles. The van der Waals surface area contributed by atoms with Crippen LogP contribution in [0, 0.1) is 13.8 Å². The van der Waals surface area contributed by atoms with Gasteiger partial charge in [0.05, 0.1) is 5.56 Å². The van der Waals surface area contributed by atoms with Crippen LogP contribution in [0.2, 0.25) is 0 Å². The molecule has 0 aliphatic carbocycles. The van der Waals surface area contributed by atoms with E-state index in [0.29, 0.717) is 0 Å². The van der Waals surface area contributed by atoms with Crippen molar-refractivity contribution in [1.29, 1.82) is 0 Å². The van der Waals surface area contributed by atoms with Gasteiger partial charge in [-0.05, 0) is 51.0 Å². The zero-order valence-corrected chi connectivity index (χ0v) is 16.4. The molecule has 1 aliphatic rings. The smallest absolute Gasteiger partial charge is 0.255 e. The molecular weight excluding hydrogens is 390 g/mol. The summed E-state index contributed by atoms with van der Waals surface area (Å²) in [6.45, 7) is 5.55. The van der Waals surface area contributed by atoms with Gasteiger partial charge < -0.3 is 15.2 Å². The highest BCUT2D eigenvalue weighted by Crippen LogP contribution is 2.25. The summed E-state index contributed by atoms with van der Waals surface area (Å²) in [6, 6.07) is 10.3. The van der Waals surface area contributed by atoms with E-state index in [2.05, 4.69) is 32.6 Å². The number of hydrogen-bond acceptors (Lipinski definition) is 2. The number of benzene rings is 1. The topological polar surface area (TPSA) is 51.3 Å². The largest absolute Gasteiger partial charge is 0.338 e. The molecule has 0 saturated carbocycles. The predicted octanol–water partition coefficient (Wildman–Crippen LogP) is 3.84. The van der Waals surface area contributed by atoms with Gasteiger partial charge in [-0.1, -0.05) is 22.0 Å². The van der Waals surface area contributed by atoms with Crippen molar-refractivity contribution in [3.63, 3.8) is 0 Å². The number of nitrogens with two attached hydrogens (primary N) is 1. The molecule has 1 aliphatic heterocycles. The second-order valence-electron chi connectivity index (χ2n) is 6.23. The first kappa shape index (κ1) is 19.0. The number of amides is 1. The Labute approximate surface area is 157 Å². The molecule has 2 N–H and O–H groups in total. The van der Waals surface area contributed by atoms with Gasteiger partial charge in [-0.3, -0.25) is 4.79 Å². The first-order chi connectivity index (χ1) is 11.0. The Morgan fingerprint density at radius 1 is 1.21 bits per heavy atom. The van der Waals surface area contributed by atoms with Crippen molar-refractivity contribution >= 4 is 34.2 Å². The highest BCUT2D eigenvalue weighted by molar-refractivity contribution is 9.10. The van der Waals surface area contributed by atoms with Crippen LogP contribution in [0.15, 0.2) is 34.8 Å². The number of likely N-dealkylation sites (tertiary alicyclic amines) is 1.